The fraction of sp³-hybridized carbons (Fsp3) is 0.480. The van der Waals surface area contributed by atoms with Crippen LogP contribution in [0, 0.1) is 12.8 Å². The van der Waals surface area contributed by atoms with Crippen LogP contribution in [0.5, 0.6) is 0 Å². The molecule has 4 rings (SSSR count). The molecule has 7 heteroatoms. The van der Waals surface area contributed by atoms with Crippen LogP contribution < -0.4 is 4.90 Å². The SMILES string of the molecule is Cc1ccc(CN2CCCC(C(=O)N3CCN(c4cccc(C(F)(F)F)c4)CC3)C2)cc1. The number of piperidine rings is 1. The molecule has 32 heavy (non-hydrogen) atoms. The summed E-state index contributed by atoms with van der Waals surface area (Å²) in [6, 6.07) is 14.0. The highest BCUT2D eigenvalue weighted by Gasteiger charge is 2.33. The van der Waals surface area contributed by atoms with Gasteiger partial charge in [0.05, 0.1) is 11.5 Å². The third kappa shape index (κ3) is 5.44. The van der Waals surface area contributed by atoms with Crippen LogP contribution >= 0.6 is 0 Å². The number of hydrogen-bond acceptors (Lipinski definition) is 3. The lowest BCUT2D eigenvalue weighted by Gasteiger charge is -2.40. The summed E-state index contributed by atoms with van der Waals surface area (Å²) < 4.78 is 39.1. The van der Waals surface area contributed by atoms with Crippen LogP contribution in [0.4, 0.5) is 18.9 Å². The molecule has 2 aromatic carbocycles. The van der Waals surface area contributed by atoms with E-state index in [1.54, 1.807) is 6.07 Å². The first kappa shape index (κ1) is 22.6. The topological polar surface area (TPSA) is 26.8 Å². The van der Waals surface area contributed by atoms with E-state index in [2.05, 4.69) is 36.1 Å². The Hall–Kier alpha value is -2.54. The van der Waals surface area contributed by atoms with Crippen molar-refractivity contribution in [2.24, 2.45) is 5.92 Å². The summed E-state index contributed by atoms with van der Waals surface area (Å²) in [7, 11) is 0. The van der Waals surface area contributed by atoms with Crippen LogP contribution in [0.15, 0.2) is 48.5 Å². The Kier molecular flexibility index (Phi) is 6.74. The first-order valence-electron chi connectivity index (χ1n) is 11.3. The molecule has 2 aromatic rings. The number of likely N-dealkylation sites (tertiary alicyclic amines) is 1. The van der Waals surface area contributed by atoms with Gasteiger partial charge in [0, 0.05) is 45.0 Å². The van der Waals surface area contributed by atoms with Crippen molar-refractivity contribution in [3.8, 4) is 0 Å². The fourth-order valence-electron chi connectivity index (χ4n) is 4.67. The number of carbonyl (C=O) groups excluding carboxylic acids is 1. The molecule has 2 heterocycles. The van der Waals surface area contributed by atoms with E-state index in [0.29, 0.717) is 31.9 Å². The molecular weight excluding hydrogens is 415 g/mol. The van der Waals surface area contributed by atoms with Gasteiger partial charge >= 0.3 is 6.18 Å². The number of alkyl halides is 3. The van der Waals surface area contributed by atoms with Crippen LogP contribution in [0.25, 0.3) is 0 Å². The van der Waals surface area contributed by atoms with Gasteiger partial charge in [-0.15, -0.1) is 0 Å². The number of hydrogen-bond donors (Lipinski definition) is 0. The van der Waals surface area contributed by atoms with E-state index in [-0.39, 0.29) is 11.8 Å². The zero-order valence-corrected chi connectivity index (χ0v) is 18.4. The van der Waals surface area contributed by atoms with Gasteiger partial charge in [-0.25, -0.2) is 0 Å². The number of aryl methyl sites for hydroxylation is 1. The van der Waals surface area contributed by atoms with Crippen molar-refractivity contribution in [3.05, 3.63) is 65.2 Å². The van der Waals surface area contributed by atoms with Crippen LogP contribution in [0.2, 0.25) is 0 Å². The van der Waals surface area contributed by atoms with Crippen molar-refractivity contribution in [1.82, 2.24) is 9.80 Å². The van der Waals surface area contributed by atoms with Crippen LogP contribution in [0.3, 0.4) is 0 Å². The van der Waals surface area contributed by atoms with Gasteiger partial charge in [-0.1, -0.05) is 35.9 Å². The van der Waals surface area contributed by atoms with E-state index < -0.39 is 11.7 Å². The summed E-state index contributed by atoms with van der Waals surface area (Å²) in [6.45, 7) is 6.88. The third-order valence-electron chi connectivity index (χ3n) is 6.51. The minimum absolute atomic E-state index is 0.00527. The van der Waals surface area contributed by atoms with Gasteiger partial charge < -0.3 is 9.80 Å². The number of piperazine rings is 1. The first-order valence-corrected chi connectivity index (χ1v) is 11.3. The Morgan fingerprint density at radius 3 is 2.41 bits per heavy atom. The lowest BCUT2D eigenvalue weighted by atomic mass is 9.95. The Balaban J connectivity index is 1.31. The minimum atomic E-state index is -4.35. The monoisotopic (exact) mass is 445 g/mol. The molecule has 1 unspecified atom stereocenters. The Morgan fingerprint density at radius 2 is 1.72 bits per heavy atom. The molecule has 0 spiro atoms. The summed E-state index contributed by atoms with van der Waals surface area (Å²) in [6.07, 6.45) is -2.44. The average molecular weight is 446 g/mol. The summed E-state index contributed by atoms with van der Waals surface area (Å²) in [5.41, 5.74) is 2.43. The van der Waals surface area contributed by atoms with Gasteiger partial charge in [0.1, 0.15) is 0 Å². The zero-order chi connectivity index (χ0) is 22.7. The van der Waals surface area contributed by atoms with E-state index in [1.807, 2.05) is 9.80 Å². The molecule has 1 atom stereocenters. The van der Waals surface area contributed by atoms with Crippen molar-refractivity contribution < 1.29 is 18.0 Å². The summed E-state index contributed by atoms with van der Waals surface area (Å²) in [5, 5.41) is 0. The molecule has 0 aliphatic carbocycles. The maximum atomic E-state index is 13.2. The van der Waals surface area contributed by atoms with Gasteiger partial charge in [-0.3, -0.25) is 9.69 Å². The van der Waals surface area contributed by atoms with Crippen LogP contribution in [-0.2, 0) is 17.5 Å². The van der Waals surface area contributed by atoms with Gasteiger partial charge in [-0.2, -0.15) is 13.2 Å². The second-order valence-electron chi connectivity index (χ2n) is 8.92. The summed E-state index contributed by atoms with van der Waals surface area (Å²) >= 11 is 0. The Labute approximate surface area is 187 Å². The van der Waals surface area contributed by atoms with Gasteiger partial charge in [0.2, 0.25) is 5.91 Å². The third-order valence-corrected chi connectivity index (χ3v) is 6.51. The molecule has 0 N–H and O–H groups in total. The average Bonchev–Trinajstić information content (AvgIpc) is 2.80. The van der Waals surface area contributed by atoms with Gasteiger partial charge in [0.15, 0.2) is 0 Å². The first-order chi connectivity index (χ1) is 15.3. The van der Waals surface area contributed by atoms with Crippen molar-refractivity contribution in [2.45, 2.75) is 32.5 Å². The van der Waals surface area contributed by atoms with E-state index in [9.17, 15) is 18.0 Å². The number of rotatable bonds is 4. The predicted octanol–water partition coefficient (Wildman–Crippen LogP) is 4.57. The molecule has 172 valence electrons. The molecule has 0 radical (unpaired) electrons. The maximum absolute atomic E-state index is 13.2. The zero-order valence-electron chi connectivity index (χ0n) is 18.4. The molecule has 2 saturated heterocycles. The normalized spacial score (nSPS) is 20.4. The number of carbonyl (C=O) groups is 1. The second-order valence-corrected chi connectivity index (χ2v) is 8.92. The molecule has 0 aromatic heterocycles. The number of amides is 1. The highest BCUT2D eigenvalue weighted by molar-refractivity contribution is 5.79. The van der Waals surface area contributed by atoms with Crippen LogP contribution in [-0.4, -0.2) is 55.0 Å². The van der Waals surface area contributed by atoms with E-state index in [0.717, 1.165) is 38.5 Å². The second kappa shape index (κ2) is 9.53. The molecule has 1 amide bonds. The highest BCUT2D eigenvalue weighted by atomic mass is 19.4. The van der Waals surface area contributed by atoms with Crippen LogP contribution in [0.1, 0.15) is 29.5 Å². The largest absolute Gasteiger partial charge is 0.416 e. The molecule has 2 fully saturated rings. The van der Waals surface area contributed by atoms with E-state index >= 15 is 0 Å². The number of halogens is 3. The fourth-order valence-corrected chi connectivity index (χ4v) is 4.67. The summed E-state index contributed by atoms with van der Waals surface area (Å²) in [4.78, 5) is 19.3. The smallest absolute Gasteiger partial charge is 0.368 e. The number of nitrogens with zero attached hydrogens (tertiary/aromatic N) is 3. The summed E-state index contributed by atoms with van der Waals surface area (Å²) in [5.74, 6) is 0.177. The lowest BCUT2D eigenvalue weighted by Crippen LogP contribution is -2.52. The van der Waals surface area contributed by atoms with Gasteiger partial charge in [0.25, 0.3) is 0 Å². The maximum Gasteiger partial charge on any atom is 0.416 e. The van der Waals surface area contributed by atoms with Gasteiger partial charge in [-0.05, 0) is 50.1 Å². The molecule has 0 bridgehead atoms. The van der Waals surface area contributed by atoms with Crippen molar-refractivity contribution in [1.29, 1.82) is 0 Å². The molecular formula is C25H30F3N3O. The minimum Gasteiger partial charge on any atom is -0.368 e. The Morgan fingerprint density at radius 1 is 1.00 bits per heavy atom. The van der Waals surface area contributed by atoms with Crippen molar-refractivity contribution in [2.75, 3.05) is 44.2 Å². The quantitative estimate of drug-likeness (QED) is 0.690. The standard InChI is InChI=1S/C25H30F3N3O/c1-19-7-9-20(10-8-19)17-29-11-3-4-21(18-29)24(32)31-14-12-30(13-15-31)23-6-2-5-22(16-23)25(26,27)28/h2,5-10,16,21H,3-4,11-15,17-18H2,1H3. The molecule has 0 saturated carbocycles. The lowest BCUT2D eigenvalue weighted by molar-refractivity contribution is -0.138. The van der Waals surface area contributed by atoms with Crippen molar-refractivity contribution >= 4 is 11.6 Å². The molecule has 2 aliphatic heterocycles. The predicted molar refractivity (Wildman–Crippen MR) is 119 cm³/mol. The number of benzene rings is 2. The van der Waals surface area contributed by atoms with E-state index in [1.165, 1.54) is 23.3 Å². The van der Waals surface area contributed by atoms with Crippen molar-refractivity contribution in [3.63, 3.8) is 0 Å². The van der Waals surface area contributed by atoms with E-state index in [4.69, 9.17) is 0 Å². The highest BCUT2D eigenvalue weighted by Crippen LogP contribution is 2.32. The molecule has 4 nitrogen and oxygen atoms in total. The number of anilines is 1. The molecule has 2 aliphatic rings. The Bertz CT molecular complexity index is 921.